The van der Waals surface area contributed by atoms with Gasteiger partial charge in [-0.05, 0) is 37.5 Å². The molecule has 19 heavy (non-hydrogen) atoms. The Morgan fingerprint density at radius 1 is 1.32 bits per heavy atom. The minimum absolute atomic E-state index is 0.0223. The molecule has 106 valence electrons. The highest BCUT2D eigenvalue weighted by Gasteiger charge is 2.11. The van der Waals surface area contributed by atoms with Crippen LogP contribution in [0.4, 0.5) is 0 Å². The van der Waals surface area contributed by atoms with Gasteiger partial charge < -0.3 is 10.5 Å². The Morgan fingerprint density at radius 2 is 2.11 bits per heavy atom. The van der Waals surface area contributed by atoms with Crippen molar-refractivity contribution in [2.75, 3.05) is 0 Å². The first-order valence-electron chi connectivity index (χ1n) is 7.17. The third-order valence-electron chi connectivity index (χ3n) is 3.17. The molecule has 0 aliphatic carbocycles. The van der Waals surface area contributed by atoms with E-state index in [1.54, 1.807) is 12.1 Å². The predicted octanol–water partition coefficient (Wildman–Crippen LogP) is 3.66. The molecule has 3 nitrogen and oxygen atoms in total. The average Bonchev–Trinajstić information content (AvgIpc) is 2.43. The van der Waals surface area contributed by atoms with Gasteiger partial charge in [-0.2, -0.15) is 0 Å². The van der Waals surface area contributed by atoms with Crippen LogP contribution in [0.2, 0.25) is 0 Å². The zero-order valence-corrected chi connectivity index (χ0v) is 12.0. The summed E-state index contributed by atoms with van der Waals surface area (Å²) >= 11 is 0. The van der Waals surface area contributed by atoms with Gasteiger partial charge in [0.2, 0.25) is 0 Å². The lowest BCUT2D eigenvalue weighted by Gasteiger charge is -2.13. The van der Waals surface area contributed by atoms with E-state index in [4.69, 9.17) is 10.5 Å². The number of carbonyl (C=O) groups is 1. The molecule has 0 aromatic heterocycles. The average molecular weight is 263 g/mol. The van der Waals surface area contributed by atoms with Gasteiger partial charge in [0.15, 0.2) is 0 Å². The third kappa shape index (κ3) is 5.88. The van der Waals surface area contributed by atoms with Crippen molar-refractivity contribution in [3.05, 3.63) is 35.4 Å². The molecule has 2 N–H and O–H groups in total. The van der Waals surface area contributed by atoms with Crippen LogP contribution in [0.1, 0.15) is 61.9 Å². The van der Waals surface area contributed by atoms with E-state index in [0.717, 1.165) is 18.4 Å². The highest BCUT2D eigenvalue weighted by atomic mass is 16.5. The van der Waals surface area contributed by atoms with E-state index in [-0.39, 0.29) is 12.1 Å². The molecule has 1 aromatic carbocycles. The summed E-state index contributed by atoms with van der Waals surface area (Å²) in [5.74, 6) is -0.252. The van der Waals surface area contributed by atoms with Gasteiger partial charge in [0.05, 0.1) is 11.7 Å². The van der Waals surface area contributed by atoms with Crippen molar-refractivity contribution in [3.8, 4) is 0 Å². The first-order valence-corrected chi connectivity index (χ1v) is 7.17. The Labute approximate surface area is 116 Å². The lowest BCUT2D eigenvalue weighted by Crippen LogP contribution is -2.15. The van der Waals surface area contributed by atoms with Crippen LogP contribution in [0.3, 0.4) is 0 Å². The van der Waals surface area contributed by atoms with Crippen molar-refractivity contribution in [2.45, 2.75) is 58.6 Å². The molecule has 0 saturated carbocycles. The maximum absolute atomic E-state index is 11.9. The quantitative estimate of drug-likeness (QED) is 0.575. The molecule has 0 amide bonds. The minimum atomic E-state index is -0.252. The SMILES string of the molecule is CCCCCCC(C)OC(=O)c1cccc(CN)c1. The van der Waals surface area contributed by atoms with Crippen molar-refractivity contribution in [1.29, 1.82) is 0 Å². The van der Waals surface area contributed by atoms with Gasteiger partial charge >= 0.3 is 5.97 Å². The molecule has 0 fully saturated rings. The molecule has 0 radical (unpaired) electrons. The van der Waals surface area contributed by atoms with Crippen LogP contribution in [-0.2, 0) is 11.3 Å². The molecule has 0 heterocycles. The zero-order chi connectivity index (χ0) is 14.1. The maximum atomic E-state index is 11.9. The van der Waals surface area contributed by atoms with Gasteiger partial charge in [0.1, 0.15) is 0 Å². The van der Waals surface area contributed by atoms with Crippen LogP contribution in [0.25, 0.3) is 0 Å². The van der Waals surface area contributed by atoms with E-state index in [1.807, 2.05) is 19.1 Å². The smallest absolute Gasteiger partial charge is 0.338 e. The van der Waals surface area contributed by atoms with Crippen LogP contribution in [0, 0.1) is 0 Å². The number of carbonyl (C=O) groups excluding carboxylic acids is 1. The van der Waals surface area contributed by atoms with Crippen LogP contribution in [0.15, 0.2) is 24.3 Å². The van der Waals surface area contributed by atoms with Gasteiger partial charge in [-0.15, -0.1) is 0 Å². The first-order chi connectivity index (χ1) is 9.17. The number of unbranched alkanes of at least 4 members (excludes halogenated alkanes) is 3. The summed E-state index contributed by atoms with van der Waals surface area (Å²) in [6.45, 7) is 4.58. The number of rotatable bonds is 8. The van der Waals surface area contributed by atoms with E-state index in [0.29, 0.717) is 12.1 Å². The van der Waals surface area contributed by atoms with E-state index in [2.05, 4.69) is 6.92 Å². The van der Waals surface area contributed by atoms with Gasteiger partial charge in [-0.3, -0.25) is 0 Å². The largest absolute Gasteiger partial charge is 0.459 e. The number of hydrogen-bond donors (Lipinski definition) is 1. The van der Waals surface area contributed by atoms with Crippen LogP contribution < -0.4 is 5.73 Å². The second-order valence-corrected chi connectivity index (χ2v) is 4.97. The topological polar surface area (TPSA) is 52.3 Å². The zero-order valence-electron chi connectivity index (χ0n) is 12.0. The van der Waals surface area contributed by atoms with Crippen LogP contribution in [-0.4, -0.2) is 12.1 Å². The number of nitrogens with two attached hydrogens (primary N) is 1. The second-order valence-electron chi connectivity index (χ2n) is 4.97. The minimum Gasteiger partial charge on any atom is -0.459 e. The van der Waals surface area contributed by atoms with E-state index in [9.17, 15) is 4.79 Å². The summed E-state index contributed by atoms with van der Waals surface area (Å²) in [5.41, 5.74) is 7.10. The molecule has 1 aromatic rings. The summed E-state index contributed by atoms with van der Waals surface area (Å²) in [6.07, 6.45) is 5.71. The summed E-state index contributed by atoms with van der Waals surface area (Å²) in [4.78, 5) is 11.9. The molecular formula is C16H25NO2. The fourth-order valence-electron chi connectivity index (χ4n) is 1.99. The summed E-state index contributed by atoms with van der Waals surface area (Å²) in [5, 5.41) is 0. The van der Waals surface area contributed by atoms with E-state index >= 15 is 0 Å². The van der Waals surface area contributed by atoms with Crippen molar-refractivity contribution in [1.82, 2.24) is 0 Å². The summed E-state index contributed by atoms with van der Waals surface area (Å²) in [7, 11) is 0. The fraction of sp³-hybridized carbons (Fsp3) is 0.562. The van der Waals surface area contributed by atoms with Gasteiger partial charge in [-0.25, -0.2) is 4.79 Å². The summed E-state index contributed by atoms with van der Waals surface area (Å²) in [6, 6.07) is 7.31. The summed E-state index contributed by atoms with van der Waals surface area (Å²) < 4.78 is 5.44. The lowest BCUT2D eigenvalue weighted by molar-refractivity contribution is 0.0319. The highest BCUT2D eigenvalue weighted by molar-refractivity contribution is 5.89. The number of ether oxygens (including phenoxy) is 1. The number of benzene rings is 1. The standard InChI is InChI=1S/C16H25NO2/c1-3-4-5-6-8-13(2)19-16(18)15-10-7-9-14(11-15)12-17/h7,9-11,13H,3-6,8,12,17H2,1-2H3. The van der Waals surface area contributed by atoms with E-state index in [1.165, 1.54) is 19.3 Å². The molecule has 1 atom stereocenters. The highest BCUT2D eigenvalue weighted by Crippen LogP contribution is 2.12. The molecule has 0 aliphatic heterocycles. The van der Waals surface area contributed by atoms with Crippen LogP contribution in [0.5, 0.6) is 0 Å². The third-order valence-corrected chi connectivity index (χ3v) is 3.17. The molecular weight excluding hydrogens is 238 g/mol. The Balaban J connectivity index is 2.40. The maximum Gasteiger partial charge on any atom is 0.338 e. The van der Waals surface area contributed by atoms with Crippen molar-refractivity contribution in [2.24, 2.45) is 5.73 Å². The molecule has 0 bridgehead atoms. The Bertz CT molecular complexity index is 390. The Morgan fingerprint density at radius 3 is 2.79 bits per heavy atom. The van der Waals surface area contributed by atoms with Crippen molar-refractivity contribution < 1.29 is 9.53 Å². The number of esters is 1. The van der Waals surface area contributed by atoms with Gasteiger partial charge in [-0.1, -0.05) is 38.3 Å². The molecule has 0 aliphatic rings. The van der Waals surface area contributed by atoms with Crippen molar-refractivity contribution >= 4 is 5.97 Å². The van der Waals surface area contributed by atoms with Crippen LogP contribution >= 0.6 is 0 Å². The fourth-order valence-corrected chi connectivity index (χ4v) is 1.99. The molecule has 1 rings (SSSR count). The van der Waals surface area contributed by atoms with Crippen molar-refractivity contribution in [3.63, 3.8) is 0 Å². The van der Waals surface area contributed by atoms with Gasteiger partial charge in [0.25, 0.3) is 0 Å². The normalized spacial score (nSPS) is 12.2. The lowest BCUT2D eigenvalue weighted by atomic mass is 10.1. The Hall–Kier alpha value is -1.35. The second kappa shape index (κ2) is 8.70. The van der Waals surface area contributed by atoms with E-state index < -0.39 is 0 Å². The predicted molar refractivity (Wildman–Crippen MR) is 78.0 cm³/mol. The monoisotopic (exact) mass is 263 g/mol. The number of hydrogen-bond acceptors (Lipinski definition) is 3. The Kier molecular flexibility index (Phi) is 7.19. The van der Waals surface area contributed by atoms with Gasteiger partial charge in [0, 0.05) is 6.54 Å². The molecule has 3 heteroatoms. The molecule has 0 spiro atoms. The first kappa shape index (κ1) is 15.7. The molecule has 1 unspecified atom stereocenters. The molecule has 0 saturated heterocycles.